The molecule has 1 amide bonds. The maximum absolute atomic E-state index is 12.4. The Morgan fingerprint density at radius 2 is 0.891 bits per heavy atom. The van der Waals surface area contributed by atoms with Crippen LogP contribution in [0.15, 0.2) is 36.5 Å². The fourth-order valence-corrected chi connectivity index (χ4v) is 5.80. The molecule has 0 spiro atoms. The van der Waals surface area contributed by atoms with E-state index in [-0.39, 0.29) is 6.61 Å². The Hall–Kier alpha value is -1.43. The molecule has 0 saturated carbocycles. The molecule has 0 bridgehead atoms. The molecular formula is C41H77NO4. The third-order valence-corrected chi connectivity index (χ3v) is 8.96. The van der Waals surface area contributed by atoms with Crippen LogP contribution in [0, 0.1) is 0 Å². The number of aliphatic hydroxyl groups is 3. The molecule has 270 valence electrons. The molecule has 0 aliphatic rings. The quantitative estimate of drug-likeness (QED) is 0.0407. The second kappa shape index (κ2) is 36.4. The van der Waals surface area contributed by atoms with Crippen molar-refractivity contribution in [3.8, 4) is 0 Å². The lowest BCUT2D eigenvalue weighted by Gasteiger charge is -2.21. The summed E-state index contributed by atoms with van der Waals surface area (Å²) in [5.74, 6) is -0.520. The molecule has 3 unspecified atom stereocenters. The van der Waals surface area contributed by atoms with Gasteiger partial charge in [0.1, 0.15) is 6.10 Å². The summed E-state index contributed by atoms with van der Waals surface area (Å²) in [6.07, 6.45) is 44.6. The van der Waals surface area contributed by atoms with Crippen LogP contribution in [0.2, 0.25) is 0 Å². The van der Waals surface area contributed by atoms with E-state index in [2.05, 4.69) is 43.5 Å². The van der Waals surface area contributed by atoms with Crippen LogP contribution in [0.3, 0.4) is 0 Å². The summed E-state index contributed by atoms with van der Waals surface area (Å²) in [6, 6.07) is -0.816. The van der Waals surface area contributed by atoms with Gasteiger partial charge in [0.15, 0.2) is 0 Å². The standard InChI is InChI=1S/C41H77NO4/c1-3-5-7-9-11-13-15-16-17-18-19-20-21-22-23-24-25-26-28-29-31-33-35-39(44)38(37-43)42-41(46)40(45)36-34-32-30-27-14-12-10-8-6-4-2/h22-23,26,28,33,35,38-40,43-45H,3-21,24-25,27,29-32,34,36-37H2,1-2H3,(H,42,46)/b23-22+,28-26+,35-33+. The Morgan fingerprint density at radius 3 is 1.33 bits per heavy atom. The van der Waals surface area contributed by atoms with Crippen LogP contribution in [0.25, 0.3) is 0 Å². The topological polar surface area (TPSA) is 89.8 Å². The molecule has 0 fully saturated rings. The number of aliphatic hydroxyl groups excluding tert-OH is 3. The van der Waals surface area contributed by atoms with Crippen LogP contribution in [0.4, 0.5) is 0 Å². The van der Waals surface area contributed by atoms with Gasteiger partial charge in [0.2, 0.25) is 5.91 Å². The largest absolute Gasteiger partial charge is 0.394 e. The Balaban J connectivity index is 3.76. The molecule has 0 heterocycles. The van der Waals surface area contributed by atoms with E-state index in [1.165, 1.54) is 128 Å². The predicted molar refractivity (Wildman–Crippen MR) is 199 cm³/mol. The van der Waals surface area contributed by atoms with Crippen LogP contribution < -0.4 is 5.32 Å². The highest BCUT2D eigenvalue weighted by molar-refractivity contribution is 5.80. The second-order valence-electron chi connectivity index (χ2n) is 13.5. The van der Waals surface area contributed by atoms with Gasteiger partial charge in [0.05, 0.1) is 18.8 Å². The predicted octanol–water partition coefficient (Wildman–Crippen LogP) is 10.8. The number of unbranched alkanes of at least 4 members (excludes halogenated alkanes) is 23. The third kappa shape index (κ3) is 31.2. The fourth-order valence-electron chi connectivity index (χ4n) is 5.80. The molecule has 0 radical (unpaired) electrons. The summed E-state index contributed by atoms with van der Waals surface area (Å²) in [6.45, 7) is 4.14. The van der Waals surface area contributed by atoms with Crippen LogP contribution >= 0.6 is 0 Å². The molecule has 5 heteroatoms. The van der Waals surface area contributed by atoms with Crippen molar-refractivity contribution in [2.24, 2.45) is 0 Å². The maximum Gasteiger partial charge on any atom is 0.249 e. The van der Waals surface area contributed by atoms with E-state index in [9.17, 15) is 20.1 Å². The number of carbonyl (C=O) groups is 1. The molecule has 0 rings (SSSR count). The number of hydrogen-bond acceptors (Lipinski definition) is 4. The van der Waals surface area contributed by atoms with E-state index in [1.807, 2.05) is 6.08 Å². The molecule has 0 aliphatic heterocycles. The van der Waals surface area contributed by atoms with E-state index in [4.69, 9.17) is 0 Å². The van der Waals surface area contributed by atoms with Crippen molar-refractivity contribution in [3.05, 3.63) is 36.5 Å². The van der Waals surface area contributed by atoms with Gasteiger partial charge in [-0.25, -0.2) is 0 Å². The zero-order chi connectivity index (χ0) is 33.8. The lowest BCUT2D eigenvalue weighted by atomic mass is 10.0. The SMILES string of the molecule is CCCCCCCCCCCCCC/C=C/CC/C=C/CC/C=C/C(O)C(CO)NC(=O)C(O)CCCCCCCCCCCC. The zero-order valence-corrected chi connectivity index (χ0v) is 30.5. The summed E-state index contributed by atoms with van der Waals surface area (Å²) in [4.78, 5) is 12.4. The first kappa shape index (κ1) is 44.6. The van der Waals surface area contributed by atoms with Crippen LogP contribution in [0.5, 0.6) is 0 Å². The summed E-state index contributed by atoms with van der Waals surface area (Å²) in [5.41, 5.74) is 0. The van der Waals surface area contributed by atoms with E-state index in [0.29, 0.717) is 6.42 Å². The van der Waals surface area contributed by atoms with Crippen LogP contribution in [-0.4, -0.2) is 46.1 Å². The first-order valence-corrected chi connectivity index (χ1v) is 19.8. The highest BCUT2D eigenvalue weighted by atomic mass is 16.3. The number of carbonyl (C=O) groups excluding carboxylic acids is 1. The number of nitrogens with one attached hydrogen (secondary N) is 1. The first-order chi connectivity index (χ1) is 22.6. The summed E-state index contributed by atoms with van der Waals surface area (Å²) >= 11 is 0. The minimum absolute atomic E-state index is 0.380. The molecule has 0 aliphatic carbocycles. The minimum atomic E-state index is -1.10. The normalized spacial score (nSPS) is 14.1. The number of rotatable bonds is 35. The Labute approximate surface area is 285 Å². The zero-order valence-electron chi connectivity index (χ0n) is 30.5. The lowest BCUT2D eigenvalue weighted by molar-refractivity contribution is -0.131. The van der Waals surface area contributed by atoms with E-state index >= 15 is 0 Å². The minimum Gasteiger partial charge on any atom is -0.394 e. The van der Waals surface area contributed by atoms with Gasteiger partial charge in [-0.2, -0.15) is 0 Å². The summed E-state index contributed by atoms with van der Waals surface area (Å²) in [5, 5.41) is 32.9. The molecule has 0 aromatic rings. The van der Waals surface area contributed by atoms with Crippen LogP contribution in [-0.2, 0) is 4.79 Å². The average Bonchev–Trinajstić information content (AvgIpc) is 3.06. The molecule has 0 saturated heterocycles. The van der Waals surface area contributed by atoms with Crippen LogP contribution in [0.1, 0.15) is 194 Å². The van der Waals surface area contributed by atoms with Gasteiger partial charge in [0.25, 0.3) is 0 Å². The van der Waals surface area contributed by atoms with Gasteiger partial charge in [-0.05, 0) is 44.9 Å². The Morgan fingerprint density at radius 1 is 0.522 bits per heavy atom. The molecule has 3 atom stereocenters. The number of hydrogen-bond donors (Lipinski definition) is 4. The molecular weight excluding hydrogens is 570 g/mol. The van der Waals surface area contributed by atoms with Gasteiger partial charge in [-0.3, -0.25) is 4.79 Å². The molecule has 0 aromatic carbocycles. The van der Waals surface area contributed by atoms with Crippen molar-refractivity contribution < 1.29 is 20.1 Å². The highest BCUT2D eigenvalue weighted by Gasteiger charge is 2.22. The lowest BCUT2D eigenvalue weighted by Crippen LogP contribution is -2.48. The summed E-state index contributed by atoms with van der Waals surface area (Å²) in [7, 11) is 0. The smallest absolute Gasteiger partial charge is 0.249 e. The summed E-state index contributed by atoms with van der Waals surface area (Å²) < 4.78 is 0. The van der Waals surface area contributed by atoms with E-state index < -0.39 is 24.2 Å². The van der Waals surface area contributed by atoms with Gasteiger partial charge in [-0.1, -0.05) is 185 Å². The van der Waals surface area contributed by atoms with Gasteiger partial charge in [0, 0.05) is 0 Å². The Kier molecular flexibility index (Phi) is 35.3. The molecule has 4 N–H and O–H groups in total. The second-order valence-corrected chi connectivity index (χ2v) is 13.5. The van der Waals surface area contributed by atoms with E-state index in [0.717, 1.165) is 44.9 Å². The van der Waals surface area contributed by atoms with Crippen molar-refractivity contribution in [2.45, 2.75) is 212 Å². The van der Waals surface area contributed by atoms with E-state index in [1.54, 1.807) is 6.08 Å². The van der Waals surface area contributed by atoms with Crippen molar-refractivity contribution in [1.82, 2.24) is 5.32 Å². The monoisotopic (exact) mass is 648 g/mol. The molecule has 46 heavy (non-hydrogen) atoms. The first-order valence-electron chi connectivity index (χ1n) is 19.8. The maximum atomic E-state index is 12.4. The van der Waals surface area contributed by atoms with Crippen molar-refractivity contribution in [2.75, 3.05) is 6.61 Å². The van der Waals surface area contributed by atoms with Gasteiger partial charge in [-0.15, -0.1) is 0 Å². The average molecular weight is 648 g/mol. The van der Waals surface area contributed by atoms with Gasteiger partial charge >= 0.3 is 0 Å². The highest BCUT2D eigenvalue weighted by Crippen LogP contribution is 2.14. The third-order valence-electron chi connectivity index (χ3n) is 8.96. The van der Waals surface area contributed by atoms with Crippen molar-refractivity contribution in [1.29, 1.82) is 0 Å². The molecule has 5 nitrogen and oxygen atoms in total. The van der Waals surface area contributed by atoms with Gasteiger partial charge < -0.3 is 20.6 Å². The van der Waals surface area contributed by atoms with Crippen molar-refractivity contribution in [3.63, 3.8) is 0 Å². The molecule has 0 aromatic heterocycles. The number of amides is 1. The Bertz CT molecular complexity index is 719. The van der Waals surface area contributed by atoms with Crippen molar-refractivity contribution >= 4 is 5.91 Å². The fraction of sp³-hybridized carbons (Fsp3) is 0.829. The number of allylic oxidation sites excluding steroid dienone is 5.